The fourth-order valence-corrected chi connectivity index (χ4v) is 2.93. The minimum atomic E-state index is -0.122. The van der Waals surface area contributed by atoms with Crippen molar-refractivity contribution in [3.63, 3.8) is 0 Å². The van der Waals surface area contributed by atoms with Gasteiger partial charge in [-0.05, 0) is 18.6 Å². The van der Waals surface area contributed by atoms with E-state index in [-0.39, 0.29) is 17.7 Å². The molecule has 1 aromatic rings. The Morgan fingerprint density at radius 2 is 1.50 bits per heavy atom. The lowest BCUT2D eigenvalue weighted by Gasteiger charge is -2.24. The smallest absolute Gasteiger partial charge is 0.261 e. The second-order valence-corrected chi connectivity index (χ2v) is 6.16. The number of hydrogen-bond donors (Lipinski definition) is 0. The number of carbonyl (C=O) groups excluding carboxylic acids is 2. The summed E-state index contributed by atoms with van der Waals surface area (Å²) in [5, 5.41) is 0. The molecule has 1 fully saturated rings. The third-order valence-electron chi connectivity index (χ3n) is 4.23. The second kappa shape index (κ2) is 8.04. The molecule has 132 valence electrons. The van der Waals surface area contributed by atoms with Crippen molar-refractivity contribution < 1.29 is 19.1 Å². The number of methoxy groups -OCH3 is 2. The van der Waals surface area contributed by atoms with Crippen molar-refractivity contribution in [1.29, 1.82) is 0 Å². The Labute approximate surface area is 143 Å². The lowest BCUT2D eigenvalue weighted by atomic mass is 10.1. The highest BCUT2D eigenvalue weighted by atomic mass is 16.5. The van der Waals surface area contributed by atoms with E-state index in [0.717, 1.165) is 6.42 Å². The standard InChI is InChI=1S/C18H26N2O4/c1-13(2)17(21)19-9-6-10-20(12-11-19)18(22)16-14(23-3)7-5-8-15(16)24-4/h5,7-8,13H,6,9-12H2,1-4H3. The molecule has 1 aliphatic rings. The van der Waals surface area contributed by atoms with Crippen molar-refractivity contribution in [2.75, 3.05) is 40.4 Å². The summed E-state index contributed by atoms with van der Waals surface area (Å²) in [6, 6.07) is 5.30. The zero-order chi connectivity index (χ0) is 17.7. The van der Waals surface area contributed by atoms with E-state index in [0.29, 0.717) is 43.2 Å². The van der Waals surface area contributed by atoms with Gasteiger partial charge in [0.1, 0.15) is 17.1 Å². The Morgan fingerprint density at radius 1 is 0.958 bits per heavy atom. The average molecular weight is 334 g/mol. The zero-order valence-corrected chi connectivity index (χ0v) is 14.9. The van der Waals surface area contributed by atoms with Crippen LogP contribution in [0.25, 0.3) is 0 Å². The predicted octanol–water partition coefficient (Wildman–Crippen LogP) is 2.03. The largest absolute Gasteiger partial charge is 0.496 e. The first kappa shape index (κ1) is 18.1. The number of carbonyl (C=O) groups is 2. The fraction of sp³-hybridized carbons (Fsp3) is 0.556. The molecule has 6 heteroatoms. The van der Waals surface area contributed by atoms with Crippen molar-refractivity contribution in [3.8, 4) is 11.5 Å². The van der Waals surface area contributed by atoms with Crippen molar-refractivity contribution in [1.82, 2.24) is 9.80 Å². The van der Waals surface area contributed by atoms with E-state index < -0.39 is 0 Å². The molecule has 0 aliphatic carbocycles. The summed E-state index contributed by atoms with van der Waals surface area (Å²) in [5.74, 6) is 0.987. The van der Waals surface area contributed by atoms with Crippen LogP contribution in [0.3, 0.4) is 0 Å². The second-order valence-electron chi connectivity index (χ2n) is 6.16. The quantitative estimate of drug-likeness (QED) is 0.845. The first-order valence-corrected chi connectivity index (χ1v) is 8.28. The van der Waals surface area contributed by atoms with Crippen LogP contribution in [0.15, 0.2) is 18.2 Å². The van der Waals surface area contributed by atoms with E-state index in [4.69, 9.17) is 9.47 Å². The Kier molecular flexibility index (Phi) is 6.06. The first-order valence-electron chi connectivity index (χ1n) is 8.28. The van der Waals surface area contributed by atoms with Gasteiger partial charge in [-0.1, -0.05) is 19.9 Å². The first-order chi connectivity index (χ1) is 11.5. The van der Waals surface area contributed by atoms with Crippen LogP contribution < -0.4 is 9.47 Å². The monoisotopic (exact) mass is 334 g/mol. The van der Waals surface area contributed by atoms with E-state index >= 15 is 0 Å². The maximum Gasteiger partial charge on any atom is 0.261 e. The lowest BCUT2D eigenvalue weighted by Crippen LogP contribution is -2.39. The molecule has 0 atom stereocenters. The van der Waals surface area contributed by atoms with Crippen LogP contribution in [0.5, 0.6) is 11.5 Å². The summed E-state index contributed by atoms with van der Waals surface area (Å²) >= 11 is 0. The average Bonchev–Trinajstić information content (AvgIpc) is 2.85. The van der Waals surface area contributed by atoms with Crippen LogP contribution in [-0.4, -0.2) is 62.0 Å². The van der Waals surface area contributed by atoms with E-state index in [1.165, 1.54) is 14.2 Å². The van der Waals surface area contributed by atoms with Gasteiger partial charge in [0.25, 0.3) is 5.91 Å². The molecule has 0 bridgehead atoms. The summed E-state index contributed by atoms with van der Waals surface area (Å²) in [7, 11) is 3.08. The van der Waals surface area contributed by atoms with Gasteiger partial charge in [-0.3, -0.25) is 9.59 Å². The number of ether oxygens (including phenoxy) is 2. The summed E-state index contributed by atoms with van der Waals surface area (Å²) in [5.41, 5.74) is 0.436. The topological polar surface area (TPSA) is 59.1 Å². The van der Waals surface area contributed by atoms with E-state index in [2.05, 4.69) is 0 Å². The van der Waals surface area contributed by atoms with Gasteiger partial charge in [0.05, 0.1) is 14.2 Å². The van der Waals surface area contributed by atoms with Crippen molar-refractivity contribution in [2.24, 2.45) is 5.92 Å². The van der Waals surface area contributed by atoms with E-state index in [1.807, 2.05) is 18.7 Å². The highest BCUT2D eigenvalue weighted by molar-refractivity contribution is 5.99. The number of rotatable bonds is 4. The van der Waals surface area contributed by atoms with Gasteiger partial charge in [0, 0.05) is 32.1 Å². The third-order valence-corrected chi connectivity index (χ3v) is 4.23. The van der Waals surface area contributed by atoms with Gasteiger partial charge in [-0.15, -0.1) is 0 Å². The maximum atomic E-state index is 13.0. The molecule has 0 spiro atoms. The van der Waals surface area contributed by atoms with E-state index in [9.17, 15) is 9.59 Å². The molecule has 0 aromatic heterocycles. The van der Waals surface area contributed by atoms with Gasteiger partial charge >= 0.3 is 0 Å². The Morgan fingerprint density at radius 3 is 2.04 bits per heavy atom. The molecule has 2 rings (SSSR count). The molecule has 0 N–H and O–H groups in total. The lowest BCUT2D eigenvalue weighted by molar-refractivity contribution is -0.134. The molecule has 6 nitrogen and oxygen atoms in total. The fourth-order valence-electron chi connectivity index (χ4n) is 2.93. The molecular formula is C18H26N2O4. The molecule has 0 unspecified atom stereocenters. The highest BCUT2D eigenvalue weighted by Crippen LogP contribution is 2.29. The molecule has 1 aromatic carbocycles. The Balaban J connectivity index is 2.18. The molecular weight excluding hydrogens is 308 g/mol. The number of hydrogen-bond acceptors (Lipinski definition) is 4. The van der Waals surface area contributed by atoms with Gasteiger partial charge in [-0.2, -0.15) is 0 Å². The maximum absolute atomic E-state index is 13.0. The van der Waals surface area contributed by atoms with Crippen LogP contribution in [0, 0.1) is 5.92 Å². The SMILES string of the molecule is COc1cccc(OC)c1C(=O)N1CCCN(C(=O)C(C)C)CC1. The summed E-state index contributed by atoms with van der Waals surface area (Å²) < 4.78 is 10.7. The molecule has 0 radical (unpaired) electrons. The molecule has 1 heterocycles. The molecule has 24 heavy (non-hydrogen) atoms. The van der Waals surface area contributed by atoms with Gasteiger partial charge in [-0.25, -0.2) is 0 Å². The van der Waals surface area contributed by atoms with Crippen LogP contribution in [0.1, 0.15) is 30.6 Å². The van der Waals surface area contributed by atoms with Crippen LogP contribution >= 0.6 is 0 Å². The van der Waals surface area contributed by atoms with Crippen LogP contribution in [0.4, 0.5) is 0 Å². The van der Waals surface area contributed by atoms with Crippen molar-refractivity contribution in [2.45, 2.75) is 20.3 Å². The normalized spacial score (nSPS) is 15.2. The minimum Gasteiger partial charge on any atom is -0.496 e. The Bertz CT molecular complexity index is 578. The van der Waals surface area contributed by atoms with E-state index in [1.54, 1.807) is 23.1 Å². The van der Waals surface area contributed by atoms with Crippen LogP contribution in [-0.2, 0) is 4.79 Å². The molecule has 1 aliphatic heterocycles. The Hall–Kier alpha value is -2.24. The van der Waals surface area contributed by atoms with Gasteiger partial charge in [0.15, 0.2) is 0 Å². The zero-order valence-electron chi connectivity index (χ0n) is 14.9. The molecule has 1 saturated heterocycles. The molecule has 0 saturated carbocycles. The number of nitrogens with zero attached hydrogens (tertiary/aromatic N) is 2. The number of benzene rings is 1. The van der Waals surface area contributed by atoms with Gasteiger partial charge in [0.2, 0.25) is 5.91 Å². The summed E-state index contributed by atoms with van der Waals surface area (Å²) in [6.45, 7) is 6.16. The third kappa shape index (κ3) is 3.80. The van der Waals surface area contributed by atoms with Crippen molar-refractivity contribution >= 4 is 11.8 Å². The minimum absolute atomic E-state index is 0.0263. The molecule has 2 amide bonds. The van der Waals surface area contributed by atoms with Crippen molar-refractivity contribution in [3.05, 3.63) is 23.8 Å². The summed E-state index contributed by atoms with van der Waals surface area (Å²) in [6.07, 6.45) is 0.766. The highest BCUT2D eigenvalue weighted by Gasteiger charge is 2.27. The number of amides is 2. The van der Waals surface area contributed by atoms with Gasteiger partial charge < -0.3 is 19.3 Å². The predicted molar refractivity (Wildman–Crippen MR) is 91.5 cm³/mol. The van der Waals surface area contributed by atoms with Crippen LogP contribution in [0.2, 0.25) is 0 Å². The summed E-state index contributed by atoms with van der Waals surface area (Å²) in [4.78, 5) is 28.8.